The number of rotatable bonds is 3. The first-order chi connectivity index (χ1) is 10.7. The summed E-state index contributed by atoms with van der Waals surface area (Å²) in [5, 5.41) is 0. The number of halogens is 3. The minimum absolute atomic E-state index is 0.333. The maximum absolute atomic E-state index is 13.0. The Balaban J connectivity index is 2.55. The van der Waals surface area contributed by atoms with E-state index >= 15 is 0 Å². The minimum Gasteiger partial charge on any atom is -0.365 e. The van der Waals surface area contributed by atoms with Crippen LogP contribution in [0, 0.1) is 0 Å². The first-order valence-corrected chi connectivity index (χ1v) is 6.07. The molecule has 0 atom stereocenters. The molecule has 0 bridgehead atoms. The third-order valence-electron chi connectivity index (χ3n) is 2.96. The number of nitrogens with two attached hydrogens (primary N) is 1. The Morgan fingerprint density at radius 1 is 1.13 bits per heavy atom. The average molecular weight is 330 g/mol. The van der Waals surface area contributed by atoms with Crippen molar-refractivity contribution < 1.29 is 37.2 Å². The summed E-state index contributed by atoms with van der Waals surface area (Å²) in [6, 6.07) is 4.38. The van der Waals surface area contributed by atoms with Crippen LogP contribution in [0.25, 0.3) is 0 Å². The molecular formula is C13H9F3N2O5. The van der Waals surface area contributed by atoms with Crippen LogP contribution in [0.15, 0.2) is 35.4 Å². The Kier molecular flexibility index (Phi) is 4.36. The minimum atomic E-state index is -4.68. The molecule has 1 aromatic rings. The number of primary amides is 1. The fourth-order valence-electron chi connectivity index (χ4n) is 1.99. The lowest BCUT2D eigenvalue weighted by atomic mass is 9.95. The molecule has 0 spiro atoms. The van der Waals surface area contributed by atoms with Crippen molar-refractivity contribution in [3.63, 3.8) is 0 Å². The number of hydrogen-bond donors (Lipinski definition) is 2. The topological polar surface area (TPSA) is 108 Å². The molecular weight excluding hydrogens is 321 g/mol. The molecule has 0 saturated heterocycles. The van der Waals surface area contributed by atoms with E-state index in [1.807, 2.05) is 0 Å². The van der Waals surface area contributed by atoms with Crippen LogP contribution < -0.4 is 11.4 Å². The fourth-order valence-corrected chi connectivity index (χ4v) is 1.99. The lowest BCUT2D eigenvalue weighted by Gasteiger charge is -2.13. The van der Waals surface area contributed by atoms with Crippen LogP contribution in [0.1, 0.15) is 11.1 Å². The van der Waals surface area contributed by atoms with E-state index < -0.39 is 47.2 Å². The SMILES string of the molecule is NC(=O)C1=C(Cc2ccccc2C(F)(F)F)C(=O)ONOC1=O. The molecule has 3 N–H and O–H groups in total. The second-order valence-electron chi connectivity index (χ2n) is 4.41. The van der Waals surface area contributed by atoms with Gasteiger partial charge in [-0.25, -0.2) is 9.59 Å². The highest BCUT2D eigenvalue weighted by Gasteiger charge is 2.36. The molecule has 2 rings (SSSR count). The zero-order valence-electron chi connectivity index (χ0n) is 11.3. The summed E-state index contributed by atoms with van der Waals surface area (Å²) in [4.78, 5) is 43.2. The summed E-state index contributed by atoms with van der Waals surface area (Å²) in [7, 11) is 0. The number of alkyl halides is 3. The van der Waals surface area contributed by atoms with E-state index in [1.165, 1.54) is 11.7 Å². The van der Waals surface area contributed by atoms with Crippen molar-refractivity contribution in [3.8, 4) is 0 Å². The van der Waals surface area contributed by atoms with Crippen molar-refractivity contribution in [1.82, 2.24) is 5.64 Å². The second kappa shape index (κ2) is 6.08. The van der Waals surface area contributed by atoms with Gasteiger partial charge in [0.2, 0.25) is 0 Å². The molecule has 1 aliphatic heterocycles. The zero-order valence-corrected chi connectivity index (χ0v) is 11.3. The van der Waals surface area contributed by atoms with Crippen molar-refractivity contribution in [2.45, 2.75) is 12.6 Å². The van der Waals surface area contributed by atoms with Crippen LogP contribution in [-0.4, -0.2) is 17.8 Å². The largest absolute Gasteiger partial charge is 0.416 e. The lowest BCUT2D eigenvalue weighted by molar-refractivity contribution is -0.189. The maximum atomic E-state index is 13.0. The molecule has 0 radical (unpaired) electrons. The molecule has 23 heavy (non-hydrogen) atoms. The number of nitrogens with one attached hydrogen (secondary N) is 1. The molecule has 7 nitrogen and oxygen atoms in total. The molecule has 1 heterocycles. The van der Waals surface area contributed by atoms with Crippen LogP contribution in [0.3, 0.4) is 0 Å². The van der Waals surface area contributed by atoms with Crippen molar-refractivity contribution in [2.75, 3.05) is 0 Å². The lowest BCUT2D eigenvalue weighted by Crippen LogP contribution is -2.26. The number of hydrogen-bond acceptors (Lipinski definition) is 6. The number of benzene rings is 1. The number of carbonyl (C=O) groups excluding carboxylic acids is 3. The summed E-state index contributed by atoms with van der Waals surface area (Å²) < 4.78 is 39.0. The van der Waals surface area contributed by atoms with E-state index in [0.29, 0.717) is 0 Å². The monoisotopic (exact) mass is 330 g/mol. The standard InChI is InChI=1S/C13H9F3N2O5/c14-13(15,16)8-4-2-1-3-6(8)5-7-9(10(17)19)12(21)23-18-22-11(7)20/h1-4,18H,5H2,(H2,17,19). The molecule has 1 aromatic carbocycles. The highest BCUT2D eigenvalue weighted by Crippen LogP contribution is 2.33. The van der Waals surface area contributed by atoms with Crippen LogP contribution in [0.2, 0.25) is 0 Å². The fraction of sp³-hybridized carbons (Fsp3) is 0.154. The van der Waals surface area contributed by atoms with Gasteiger partial charge in [0.15, 0.2) is 0 Å². The summed E-state index contributed by atoms with van der Waals surface area (Å²) in [5.41, 5.74) is 3.66. The molecule has 122 valence electrons. The predicted molar refractivity (Wildman–Crippen MR) is 66.7 cm³/mol. The third-order valence-corrected chi connectivity index (χ3v) is 2.96. The van der Waals surface area contributed by atoms with Gasteiger partial charge in [-0.2, -0.15) is 13.2 Å². The maximum Gasteiger partial charge on any atom is 0.416 e. The predicted octanol–water partition coefficient (Wildman–Crippen LogP) is 0.549. The molecule has 0 fully saturated rings. The molecule has 10 heteroatoms. The van der Waals surface area contributed by atoms with Crippen LogP contribution >= 0.6 is 0 Å². The van der Waals surface area contributed by atoms with Crippen molar-refractivity contribution in [3.05, 3.63) is 46.5 Å². The highest BCUT2D eigenvalue weighted by atomic mass is 19.4. The van der Waals surface area contributed by atoms with Crippen LogP contribution in [0.4, 0.5) is 13.2 Å². The number of carbonyl (C=O) groups is 3. The van der Waals surface area contributed by atoms with Gasteiger partial charge in [-0.15, -0.1) is 0 Å². The summed E-state index contributed by atoms with van der Waals surface area (Å²) in [5.74, 6) is -3.90. The van der Waals surface area contributed by atoms with Crippen LogP contribution in [0.5, 0.6) is 0 Å². The Morgan fingerprint density at radius 3 is 2.35 bits per heavy atom. The normalized spacial score (nSPS) is 15.8. The molecule has 0 aliphatic carbocycles. The Labute approximate surface area is 126 Å². The quantitative estimate of drug-likeness (QED) is 0.784. The van der Waals surface area contributed by atoms with Gasteiger partial charge in [0, 0.05) is 12.1 Å². The number of amides is 1. The van der Waals surface area contributed by atoms with Gasteiger partial charge in [0.05, 0.1) is 11.1 Å². The highest BCUT2D eigenvalue weighted by molar-refractivity contribution is 6.20. The molecule has 0 unspecified atom stereocenters. The van der Waals surface area contributed by atoms with E-state index in [0.717, 1.165) is 18.2 Å². The van der Waals surface area contributed by atoms with Gasteiger partial charge < -0.3 is 15.4 Å². The van der Waals surface area contributed by atoms with Gasteiger partial charge in [-0.1, -0.05) is 18.2 Å². The van der Waals surface area contributed by atoms with Gasteiger partial charge in [-0.3, -0.25) is 4.79 Å². The van der Waals surface area contributed by atoms with Gasteiger partial charge in [0.25, 0.3) is 5.91 Å². The van der Waals surface area contributed by atoms with E-state index in [-0.39, 0.29) is 5.56 Å². The summed E-state index contributed by atoms with van der Waals surface area (Å²) in [6.07, 6.45) is -5.37. The third kappa shape index (κ3) is 3.48. The van der Waals surface area contributed by atoms with Crippen LogP contribution in [-0.2, 0) is 36.7 Å². The van der Waals surface area contributed by atoms with E-state index in [1.54, 1.807) is 0 Å². The van der Waals surface area contributed by atoms with Gasteiger partial charge in [-0.05, 0) is 11.6 Å². The van der Waals surface area contributed by atoms with E-state index in [4.69, 9.17) is 5.73 Å². The molecule has 0 saturated carbocycles. The second-order valence-corrected chi connectivity index (χ2v) is 4.41. The van der Waals surface area contributed by atoms with Gasteiger partial charge >= 0.3 is 18.1 Å². The van der Waals surface area contributed by atoms with Crippen molar-refractivity contribution >= 4 is 17.8 Å². The Bertz CT molecular complexity index is 712. The molecule has 1 aliphatic rings. The summed E-state index contributed by atoms with van der Waals surface area (Å²) in [6.45, 7) is 0. The van der Waals surface area contributed by atoms with Crippen molar-refractivity contribution in [1.29, 1.82) is 0 Å². The smallest absolute Gasteiger partial charge is 0.365 e. The molecule has 1 amide bonds. The summed E-state index contributed by atoms with van der Waals surface area (Å²) >= 11 is 0. The van der Waals surface area contributed by atoms with E-state index in [2.05, 4.69) is 9.68 Å². The first kappa shape index (κ1) is 16.5. The molecule has 0 aromatic heterocycles. The van der Waals surface area contributed by atoms with Gasteiger partial charge in [0.1, 0.15) is 5.57 Å². The van der Waals surface area contributed by atoms with Crippen molar-refractivity contribution in [2.24, 2.45) is 5.73 Å². The Hall–Kier alpha value is -2.88. The average Bonchev–Trinajstić information content (AvgIpc) is 2.58. The Morgan fingerprint density at radius 2 is 1.74 bits per heavy atom. The van der Waals surface area contributed by atoms with E-state index in [9.17, 15) is 27.6 Å². The first-order valence-electron chi connectivity index (χ1n) is 6.07. The zero-order chi connectivity index (χ0) is 17.2.